The minimum Gasteiger partial charge on any atom is -0.389 e. The van der Waals surface area contributed by atoms with E-state index >= 15 is 0 Å². The zero-order valence-corrected chi connectivity index (χ0v) is 10.3. The van der Waals surface area contributed by atoms with Crippen molar-refractivity contribution in [2.45, 2.75) is 37.8 Å². The molecule has 0 saturated heterocycles. The maximum absolute atomic E-state index is 10.3. The Labute approximate surface area is 97.7 Å². The van der Waals surface area contributed by atoms with Crippen molar-refractivity contribution in [2.24, 2.45) is 7.05 Å². The molecule has 0 amide bonds. The molecule has 90 valence electrons. The van der Waals surface area contributed by atoms with Crippen LogP contribution in [0.5, 0.6) is 0 Å². The second-order valence-electron chi connectivity index (χ2n) is 5.21. The van der Waals surface area contributed by atoms with E-state index in [2.05, 4.69) is 41.9 Å². The molecular weight excluding hydrogens is 200 g/mol. The number of likely N-dealkylation sites (N-methyl/N-ethyl adjacent to an activating group) is 1. The van der Waals surface area contributed by atoms with Crippen molar-refractivity contribution in [1.29, 1.82) is 0 Å². The van der Waals surface area contributed by atoms with E-state index in [1.54, 1.807) is 0 Å². The number of hydrogen-bond acceptors (Lipinski definition) is 2. The first-order chi connectivity index (χ1) is 7.59. The SMILES string of the molecule is CN(Cc1cccn1C)CC1(O)CCCC1. The molecule has 0 radical (unpaired) electrons. The van der Waals surface area contributed by atoms with E-state index in [1.807, 2.05) is 0 Å². The Bertz CT molecular complexity index is 339. The van der Waals surface area contributed by atoms with Gasteiger partial charge in [-0.15, -0.1) is 0 Å². The van der Waals surface area contributed by atoms with Gasteiger partial charge < -0.3 is 9.67 Å². The van der Waals surface area contributed by atoms with Crippen molar-refractivity contribution in [3.05, 3.63) is 24.0 Å². The molecule has 3 nitrogen and oxygen atoms in total. The van der Waals surface area contributed by atoms with E-state index < -0.39 is 5.60 Å². The molecule has 1 saturated carbocycles. The summed E-state index contributed by atoms with van der Waals surface area (Å²) >= 11 is 0. The Morgan fingerprint density at radius 1 is 1.44 bits per heavy atom. The summed E-state index contributed by atoms with van der Waals surface area (Å²) in [7, 11) is 4.15. The minimum absolute atomic E-state index is 0.431. The first kappa shape index (κ1) is 11.7. The first-order valence-electron chi connectivity index (χ1n) is 6.10. The van der Waals surface area contributed by atoms with Crippen molar-refractivity contribution < 1.29 is 5.11 Å². The molecule has 0 unspecified atom stereocenters. The molecule has 1 N–H and O–H groups in total. The Morgan fingerprint density at radius 2 is 2.12 bits per heavy atom. The number of aryl methyl sites for hydroxylation is 1. The molecule has 1 heterocycles. The van der Waals surface area contributed by atoms with Crippen LogP contribution in [0.1, 0.15) is 31.4 Å². The predicted molar refractivity (Wildman–Crippen MR) is 65.2 cm³/mol. The number of hydrogen-bond donors (Lipinski definition) is 1. The normalized spacial score (nSPS) is 19.5. The highest BCUT2D eigenvalue weighted by atomic mass is 16.3. The molecule has 1 aliphatic rings. The highest BCUT2D eigenvalue weighted by Crippen LogP contribution is 2.30. The summed E-state index contributed by atoms with van der Waals surface area (Å²) in [5, 5.41) is 10.3. The number of aliphatic hydroxyl groups is 1. The van der Waals surface area contributed by atoms with Crippen LogP contribution < -0.4 is 0 Å². The van der Waals surface area contributed by atoms with Crippen molar-refractivity contribution in [1.82, 2.24) is 9.47 Å². The average Bonchev–Trinajstić information content (AvgIpc) is 2.77. The summed E-state index contributed by atoms with van der Waals surface area (Å²) in [6, 6.07) is 4.20. The van der Waals surface area contributed by atoms with Gasteiger partial charge in [-0.05, 0) is 32.0 Å². The summed E-state index contributed by atoms with van der Waals surface area (Å²) in [6.45, 7) is 1.70. The predicted octanol–water partition coefficient (Wildman–Crippen LogP) is 1.76. The van der Waals surface area contributed by atoms with Crippen LogP contribution >= 0.6 is 0 Å². The minimum atomic E-state index is -0.431. The Kier molecular flexibility index (Phi) is 3.36. The second kappa shape index (κ2) is 4.60. The zero-order valence-electron chi connectivity index (χ0n) is 10.3. The molecule has 1 aromatic rings. The highest BCUT2D eigenvalue weighted by Gasteiger charge is 2.32. The molecule has 0 atom stereocenters. The molecule has 1 aromatic heterocycles. The third kappa shape index (κ3) is 2.66. The highest BCUT2D eigenvalue weighted by molar-refractivity contribution is 5.06. The van der Waals surface area contributed by atoms with Gasteiger partial charge >= 0.3 is 0 Å². The van der Waals surface area contributed by atoms with Crippen molar-refractivity contribution in [2.75, 3.05) is 13.6 Å². The summed E-state index contributed by atoms with van der Waals surface area (Å²) in [4.78, 5) is 2.22. The van der Waals surface area contributed by atoms with Gasteiger partial charge in [-0.25, -0.2) is 0 Å². The smallest absolute Gasteiger partial charge is 0.0774 e. The van der Waals surface area contributed by atoms with Gasteiger partial charge in [0.1, 0.15) is 0 Å². The molecule has 2 rings (SSSR count). The van der Waals surface area contributed by atoms with Gasteiger partial charge in [0.05, 0.1) is 5.60 Å². The second-order valence-corrected chi connectivity index (χ2v) is 5.21. The maximum atomic E-state index is 10.3. The fourth-order valence-electron chi connectivity index (χ4n) is 2.69. The standard InChI is InChI=1S/C13H22N2O/c1-14(10-12-6-5-9-15(12)2)11-13(16)7-3-4-8-13/h5-6,9,16H,3-4,7-8,10-11H2,1-2H3. The van der Waals surface area contributed by atoms with Gasteiger partial charge in [0, 0.05) is 32.0 Å². The monoisotopic (exact) mass is 222 g/mol. The summed E-state index contributed by atoms with van der Waals surface area (Å²) in [5.41, 5.74) is 0.865. The maximum Gasteiger partial charge on any atom is 0.0774 e. The van der Waals surface area contributed by atoms with E-state index in [4.69, 9.17) is 0 Å². The summed E-state index contributed by atoms with van der Waals surface area (Å²) in [5.74, 6) is 0. The van der Waals surface area contributed by atoms with Crippen LogP contribution in [0.4, 0.5) is 0 Å². The number of aromatic nitrogens is 1. The number of rotatable bonds is 4. The van der Waals surface area contributed by atoms with Crippen LogP contribution in [0.2, 0.25) is 0 Å². The topological polar surface area (TPSA) is 28.4 Å². The fourth-order valence-corrected chi connectivity index (χ4v) is 2.69. The lowest BCUT2D eigenvalue weighted by atomic mass is 10.0. The molecule has 1 fully saturated rings. The molecular formula is C13H22N2O. The van der Waals surface area contributed by atoms with E-state index in [0.29, 0.717) is 0 Å². The lowest BCUT2D eigenvalue weighted by Gasteiger charge is -2.28. The molecule has 0 aromatic carbocycles. The van der Waals surface area contributed by atoms with E-state index in [9.17, 15) is 5.11 Å². The van der Waals surface area contributed by atoms with E-state index in [0.717, 1.165) is 25.9 Å². The van der Waals surface area contributed by atoms with Crippen LogP contribution in [-0.2, 0) is 13.6 Å². The molecule has 1 aliphatic carbocycles. The molecule has 0 aliphatic heterocycles. The van der Waals surface area contributed by atoms with E-state index in [-0.39, 0.29) is 0 Å². The van der Waals surface area contributed by atoms with Crippen molar-refractivity contribution in [3.63, 3.8) is 0 Å². The van der Waals surface area contributed by atoms with Crippen LogP contribution in [-0.4, -0.2) is 33.8 Å². The largest absolute Gasteiger partial charge is 0.389 e. The average molecular weight is 222 g/mol. The third-order valence-electron chi connectivity index (χ3n) is 3.58. The first-order valence-corrected chi connectivity index (χ1v) is 6.10. The third-order valence-corrected chi connectivity index (χ3v) is 3.58. The zero-order chi connectivity index (χ0) is 11.6. The molecule has 0 bridgehead atoms. The Balaban J connectivity index is 1.89. The van der Waals surface area contributed by atoms with Crippen LogP contribution in [0.15, 0.2) is 18.3 Å². The summed E-state index contributed by atoms with van der Waals surface area (Å²) < 4.78 is 2.13. The van der Waals surface area contributed by atoms with E-state index in [1.165, 1.54) is 18.5 Å². The Morgan fingerprint density at radius 3 is 2.69 bits per heavy atom. The Hall–Kier alpha value is -0.800. The summed E-state index contributed by atoms with van der Waals surface area (Å²) in [6.07, 6.45) is 6.34. The molecule has 3 heteroatoms. The van der Waals surface area contributed by atoms with Crippen LogP contribution in [0.25, 0.3) is 0 Å². The van der Waals surface area contributed by atoms with Crippen molar-refractivity contribution in [3.8, 4) is 0 Å². The molecule has 0 spiro atoms. The van der Waals surface area contributed by atoms with Gasteiger partial charge in [-0.2, -0.15) is 0 Å². The molecule has 16 heavy (non-hydrogen) atoms. The van der Waals surface area contributed by atoms with Crippen LogP contribution in [0, 0.1) is 0 Å². The number of nitrogens with zero attached hydrogens (tertiary/aromatic N) is 2. The van der Waals surface area contributed by atoms with Gasteiger partial charge in [0.2, 0.25) is 0 Å². The van der Waals surface area contributed by atoms with Gasteiger partial charge in [-0.3, -0.25) is 4.90 Å². The quantitative estimate of drug-likeness (QED) is 0.841. The fraction of sp³-hybridized carbons (Fsp3) is 0.692. The van der Waals surface area contributed by atoms with Crippen molar-refractivity contribution >= 4 is 0 Å². The lowest BCUT2D eigenvalue weighted by Crippen LogP contribution is -2.39. The van der Waals surface area contributed by atoms with Gasteiger partial charge in [0.25, 0.3) is 0 Å². The lowest BCUT2D eigenvalue weighted by molar-refractivity contribution is 0.0141. The van der Waals surface area contributed by atoms with Crippen LogP contribution in [0.3, 0.4) is 0 Å². The van der Waals surface area contributed by atoms with Gasteiger partial charge in [0.15, 0.2) is 0 Å². The van der Waals surface area contributed by atoms with Gasteiger partial charge in [-0.1, -0.05) is 12.8 Å².